The summed E-state index contributed by atoms with van der Waals surface area (Å²) in [4.78, 5) is 18.2. The molecule has 3 aromatic heterocycles. The number of nitrogens with zero attached hydrogens (tertiary/aromatic N) is 7. The molecule has 0 radical (unpaired) electrons. The van der Waals surface area contributed by atoms with E-state index in [-0.39, 0.29) is 17.5 Å². The Morgan fingerprint density at radius 2 is 1.85 bits per heavy atom. The molecule has 14 heteroatoms. The fraction of sp³-hybridized carbons (Fsp3) is 0.240. The molecule has 1 aromatic carbocycles. The Balaban J connectivity index is 1.27. The molecule has 1 aliphatic heterocycles. The molecule has 5 rings (SSSR count). The number of alkyl halides is 3. The Hall–Kier alpha value is -4.59. The van der Waals surface area contributed by atoms with Gasteiger partial charge in [0.1, 0.15) is 0 Å². The molecule has 0 aliphatic carbocycles. The number of rotatable bonds is 7. The second kappa shape index (κ2) is 11.0. The van der Waals surface area contributed by atoms with Crippen LogP contribution in [0.25, 0.3) is 5.69 Å². The number of anilines is 4. The van der Waals surface area contributed by atoms with Gasteiger partial charge in [-0.1, -0.05) is 0 Å². The third-order valence-corrected chi connectivity index (χ3v) is 5.73. The van der Waals surface area contributed by atoms with E-state index in [0.717, 1.165) is 18.3 Å². The number of hydrazone groups is 1. The van der Waals surface area contributed by atoms with E-state index in [1.807, 2.05) is 0 Å². The van der Waals surface area contributed by atoms with Gasteiger partial charge >= 0.3 is 6.18 Å². The van der Waals surface area contributed by atoms with Crippen LogP contribution < -0.4 is 15.6 Å². The van der Waals surface area contributed by atoms with Gasteiger partial charge < -0.3 is 19.5 Å². The Morgan fingerprint density at radius 3 is 2.54 bits per heavy atom. The van der Waals surface area contributed by atoms with E-state index in [4.69, 9.17) is 4.74 Å². The quantitative estimate of drug-likeness (QED) is 0.200. The maximum Gasteiger partial charge on any atom is 0.416 e. The third kappa shape index (κ3) is 6.46. The van der Waals surface area contributed by atoms with E-state index in [1.54, 1.807) is 36.2 Å². The van der Waals surface area contributed by atoms with Crippen LogP contribution in [0.4, 0.5) is 40.7 Å². The van der Waals surface area contributed by atoms with E-state index < -0.39 is 17.6 Å². The van der Waals surface area contributed by atoms with Crippen LogP contribution in [0.2, 0.25) is 0 Å². The van der Waals surface area contributed by atoms with E-state index in [9.17, 15) is 17.6 Å². The first-order valence-electron chi connectivity index (χ1n) is 11.9. The standard InChI is InChI=1S/C25H23F4N9O/c1-16-14-38(15-32-16)21-9-17(25(27,28)29)8-20(10-21)34-19-3-2-18(30-11-19)12-33-36-24-31-13-22(26)23(35-24)37-4-6-39-7-5-37/h2-3,8-15,34H,4-7H2,1H3,(H,31,35,36)/b33-12+. The van der Waals surface area contributed by atoms with Gasteiger partial charge in [-0.05, 0) is 37.3 Å². The van der Waals surface area contributed by atoms with E-state index in [0.29, 0.717) is 49.1 Å². The maximum absolute atomic E-state index is 14.2. The minimum absolute atomic E-state index is 0.112. The summed E-state index contributed by atoms with van der Waals surface area (Å²) in [5.41, 5.74) is 4.03. The molecule has 0 spiro atoms. The lowest BCUT2D eigenvalue weighted by Gasteiger charge is -2.27. The van der Waals surface area contributed by atoms with Gasteiger partial charge in [-0.2, -0.15) is 23.3 Å². The Bertz CT molecular complexity index is 1470. The molecule has 2 N–H and O–H groups in total. The minimum Gasteiger partial charge on any atom is -0.378 e. The summed E-state index contributed by atoms with van der Waals surface area (Å²) in [5, 5.41) is 7.00. The molecule has 1 saturated heterocycles. The molecule has 0 bridgehead atoms. The van der Waals surface area contributed by atoms with Crippen molar-refractivity contribution >= 4 is 29.4 Å². The van der Waals surface area contributed by atoms with Crippen molar-refractivity contribution in [2.45, 2.75) is 13.1 Å². The van der Waals surface area contributed by atoms with Crippen LogP contribution in [0.3, 0.4) is 0 Å². The average molecular weight is 542 g/mol. The van der Waals surface area contributed by atoms with Gasteiger partial charge in [0.25, 0.3) is 0 Å². The van der Waals surface area contributed by atoms with Crippen LogP contribution in [0.1, 0.15) is 17.0 Å². The Morgan fingerprint density at radius 1 is 1.03 bits per heavy atom. The number of halogens is 4. The molecule has 1 fully saturated rings. The molecular weight excluding hydrogens is 518 g/mol. The fourth-order valence-electron chi connectivity index (χ4n) is 3.85. The first-order valence-corrected chi connectivity index (χ1v) is 11.9. The number of ether oxygens (including phenoxy) is 1. The second-order valence-electron chi connectivity index (χ2n) is 8.62. The first-order chi connectivity index (χ1) is 18.7. The highest BCUT2D eigenvalue weighted by atomic mass is 19.4. The molecule has 1 aliphatic rings. The third-order valence-electron chi connectivity index (χ3n) is 5.73. The smallest absolute Gasteiger partial charge is 0.378 e. The Kier molecular flexibility index (Phi) is 7.36. The number of aryl methyl sites for hydroxylation is 1. The number of pyridine rings is 1. The lowest BCUT2D eigenvalue weighted by atomic mass is 10.1. The summed E-state index contributed by atoms with van der Waals surface area (Å²) in [6.07, 6.45) is 2.52. The van der Waals surface area contributed by atoms with Crippen molar-refractivity contribution in [2.24, 2.45) is 5.10 Å². The highest BCUT2D eigenvalue weighted by Crippen LogP contribution is 2.34. The number of hydrogen-bond donors (Lipinski definition) is 2. The summed E-state index contributed by atoms with van der Waals surface area (Å²) in [5.74, 6) is -0.259. The molecule has 39 heavy (non-hydrogen) atoms. The summed E-state index contributed by atoms with van der Waals surface area (Å²) < 4.78 is 61.5. The van der Waals surface area contributed by atoms with Crippen LogP contribution >= 0.6 is 0 Å². The largest absolute Gasteiger partial charge is 0.416 e. The van der Waals surface area contributed by atoms with E-state index in [1.165, 1.54) is 23.3 Å². The lowest BCUT2D eigenvalue weighted by Crippen LogP contribution is -2.37. The highest BCUT2D eigenvalue weighted by molar-refractivity contribution is 5.78. The van der Waals surface area contributed by atoms with Crippen molar-refractivity contribution in [3.05, 3.63) is 78.0 Å². The molecule has 4 aromatic rings. The van der Waals surface area contributed by atoms with Crippen molar-refractivity contribution in [2.75, 3.05) is 41.9 Å². The molecule has 4 heterocycles. The van der Waals surface area contributed by atoms with Crippen LogP contribution in [0.15, 0.2) is 60.4 Å². The summed E-state index contributed by atoms with van der Waals surface area (Å²) in [6, 6.07) is 6.96. The van der Waals surface area contributed by atoms with Gasteiger partial charge in [-0.25, -0.2) is 19.8 Å². The molecule has 0 atom stereocenters. The zero-order chi connectivity index (χ0) is 27.4. The van der Waals surface area contributed by atoms with E-state index in [2.05, 4.69) is 35.8 Å². The SMILES string of the molecule is Cc1cn(-c2cc(Nc3ccc(/C=N/Nc4ncc(F)c(N5CCOCC5)n4)nc3)cc(C(F)(F)F)c2)cn1. The van der Waals surface area contributed by atoms with Gasteiger partial charge in [-0.3, -0.25) is 4.98 Å². The summed E-state index contributed by atoms with van der Waals surface area (Å²) in [6.45, 7) is 3.77. The van der Waals surface area contributed by atoms with Crippen molar-refractivity contribution in [1.82, 2.24) is 24.5 Å². The zero-order valence-corrected chi connectivity index (χ0v) is 20.7. The zero-order valence-electron chi connectivity index (χ0n) is 20.7. The van der Waals surface area contributed by atoms with Crippen molar-refractivity contribution < 1.29 is 22.3 Å². The molecule has 0 amide bonds. The molecule has 10 nitrogen and oxygen atoms in total. The van der Waals surface area contributed by atoms with E-state index >= 15 is 0 Å². The van der Waals surface area contributed by atoms with Crippen LogP contribution in [0, 0.1) is 12.7 Å². The van der Waals surface area contributed by atoms with Gasteiger partial charge in [0.2, 0.25) is 5.95 Å². The monoisotopic (exact) mass is 541 g/mol. The van der Waals surface area contributed by atoms with Crippen molar-refractivity contribution in [3.63, 3.8) is 0 Å². The fourth-order valence-corrected chi connectivity index (χ4v) is 3.85. The number of imidazole rings is 1. The van der Waals surface area contributed by atoms with Gasteiger partial charge in [0.05, 0.1) is 60.8 Å². The molecule has 0 unspecified atom stereocenters. The highest BCUT2D eigenvalue weighted by Gasteiger charge is 2.31. The molecule has 202 valence electrons. The predicted molar refractivity (Wildman–Crippen MR) is 137 cm³/mol. The number of nitrogens with one attached hydrogen (secondary N) is 2. The Labute approximate surface area is 220 Å². The van der Waals surface area contributed by atoms with Crippen LogP contribution in [0.5, 0.6) is 0 Å². The van der Waals surface area contributed by atoms with Crippen molar-refractivity contribution in [1.29, 1.82) is 0 Å². The molecule has 0 saturated carbocycles. The molecular formula is C25H23F4N9O. The normalized spacial score (nSPS) is 14.1. The number of morpholine rings is 1. The van der Waals surface area contributed by atoms with Gasteiger partial charge in [-0.15, -0.1) is 0 Å². The maximum atomic E-state index is 14.2. The first kappa shape index (κ1) is 26.0. The second-order valence-corrected chi connectivity index (χ2v) is 8.62. The summed E-state index contributed by atoms with van der Waals surface area (Å²) in [7, 11) is 0. The number of aromatic nitrogens is 5. The minimum atomic E-state index is -4.52. The predicted octanol–water partition coefficient (Wildman–Crippen LogP) is 4.55. The average Bonchev–Trinajstić information content (AvgIpc) is 3.37. The number of benzene rings is 1. The number of hydrogen-bond acceptors (Lipinski definition) is 9. The topological polar surface area (TPSA) is 105 Å². The van der Waals surface area contributed by atoms with Crippen molar-refractivity contribution in [3.8, 4) is 5.69 Å². The van der Waals surface area contributed by atoms with Gasteiger partial charge in [0, 0.05) is 30.7 Å². The van der Waals surface area contributed by atoms with Crippen LogP contribution in [-0.4, -0.2) is 57.0 Å². The lowest BCUT2D eigenvalue weighted by molar-refractivity contribution is -0.137. The van der Waals surface area contributed by atoms with Crippen LogP contribution in [-0.2, 0) is 10.9 Å². The summed E-state index contributed by atoms with van der Waals surface area (Å²) >= 11 is 0. The van der Waals surface area contributed by atoms with Gasteiger partial charge in [0.15, 0.2) is 11.6 Å².